The van der Waals surface area contributed by atoms with Crippen molar-refractivity contribution >= 4 is 95.1 Å². The molecule has 0 heterocycles. The maximum absolute atomic E-state index is 3.52. The summed E-state index contributed by atoms with van der Waals surface area (Å²) in [5.41, 5.74) is 0. The van der Waals surface area contributed by atoms with Crippen LogP contribution in [0.4, 0.5) is 0 Å². The number of benzene rings is 1. The van der Waals surface area contributed by atoms with E-state index in [-0.39, 0.29) is 0 Å². The van der Waals surface area contributed by atoms with Crippen LogP contribution in [-0.4, -0.2) is 10.2 Å². The van der Waals surface area contributed by atoms with E-state index in [9.17, 15) is 0 Å². The van der Waals surface area contributed by atoms with Gasteiger partial charge in [-0.1, -0.05) is 0 Å². The van der Waals surface area contributed by atoms with E-state index < -0.39 is 0 Å². The molecule has 6 heteroatoms. The highest BCUT2D eigenvalue weighted by molar-refractivity contribution is 9.15. The molecule has 0 aliphatic heterocycles. The Balaban J connectivity index is 3.60. The molecule has 1 aromatic rings. The molecule has 0 radical (unpaired) electrons. The van der Waals surface area contributed by atoms with E-state index in [4.69, 9.17) is 0 Å². The lowest BCUT2D eigenvalue weighted by molar-refractivity contribution is 1.50. The quantitative estimate of drug-likeness (QED) is 0.290. The van der Waals surface area contributed by atoms with E-state index in [2.05, 4.69) is 79.6 Å². The minimum Gasteiger partial charge on any atom is -0.0497 e. The summed E-state index contributed by atoms with van der Waals surface area (Å²) in [6.45, 7) is 0. The number of halogens is 5. The van der Waals surface area contributed by atoms with Gasteiger partial charge in [-0.3, -0.25) is 0 Å². The number of hydrogen-bond donors (Lipinski definition) is 0. The van der Waals surface area contributed by atoms with Crippen LogP contribution in [0.3, 0.4) is 0 Å². The first-order valence-electron chi connectivity index (χ1n) is 2.94. The van der Waals surface area contributed by atoms with Crippen LogP contribution in [0, 0.1) is 0 Å². The molecule has 66 valence electrons. The van der Waals surface area contributed by atoms with Gasteiger partial charge in [0.1, 0.15) is 0 Å². The van der Waals surface area contributed by atoms with E-state index in [0.29, 0.717) is 0 Å². The van der Waals surface area contributed by atoms with Crippen LogP contribution in [0.5, 0.6) is 0 Å². The zero-order chi connectivity index (χ0) is 9.46. The van der Waals surface area contributed by atoms with Crippen molar-refractivity contribution in [2.24, 2.45) is 0 Å². The lowest BCUT2D eigenvalue weighted by Gasteiger charge is -2.09. The van der Waals surface area contributed by atoms with E-state index in [1.807, 2.05) is 0 Å². The van der Waals surface area contributed by atoms with Crippen molar-refractivity contribution < 1.29 is 0 Å². The molecule has 0 bridgehead atoms. The molecule has 0 saturated carbocycles. The van der Waals surface area contributed by atoms with E-state index in [1.54, 1.807) is 0 Å². The monoisotopic (exact) mass is 498 g/mol. The first kappa shape index (κ1) is 11.9. The first-order chi connectivity index (χ1) is 5.46. The molecule has 0 saturated heterocycles. The molecule has 0 spiro atoms. The van der Waals surface area contributed by atoms with Crippen LogP contribution in [0.2, 0.25) is 0 Å². The summed E-state index contributed by atoms with van der Waals surface area (Å²) in [5.74, 6) is 0. The third kappa shape index (κ3) is 2.08. The summed E-state index contributed by atoms with van der Waals surface area (Å²) in [6, 6.07) is 0. The zero-order valence-electron chi connectivity index (χ0n) is 5.89. The highest BCUT2D eigenvalue weighted by atomic mass is 79.9. The van der Waals surface area contributed by atoms with Crippen molar-refractivity contribution in [2.45, 2.75) is 0 Å². The topological polar surface area (TPSA) is 0 Å². The fourth-order valence-electron chi connectivity index (χ4n) is 0.715. The third-order valence-corrected chi connectivity index (χ3v) is 10.4. The Morgan fingerprint density at radius 2 is 0.833 bits per heavy atom. The SMILES string of the molecule is [SiH3]c1c(Br)c(Br)c(Br)c(Br)c1Br. The van der Waals surface area contributed by atoms with E-state index in [0.717, 1.165) is 32.6 Å². The molecule has 0 amide bonds. The first-order valence-corrected chi connectivity index (χ1v) is 7.91. The van der Waals surface area contributed by atoms with Crippen LogP contribution in [0.15, 0.2) is 22.4 Å². The summed E-state index contributed by atoms with van der Waals surface area (Å²) in [6.07, 6.45) is 0. The highest BCUT2D eigenvalue weighted by Crippen LogP contribution is 2.39. The van der Waals surface area contributed by atoms with Gasteiger partial charge in [-0.2, -0.15) is 0 Å². The molecule has 1 aromatic carbocycles. The molecule has 0 aromatic heterocycles. The standard InChI is InChI=1S/C6H3Br5Si/c7-1-2(8)4(10)6(12)5(11)3(1)9/h12H3. The van der Waals surface area contributed by atoms with Gasteiger partial charge in [0.25, 0.3) is 0 Å². The van der Waals surface area contributed by atoms with Crippen molar-refractivity contribution in [3.05, 3.63) is 22.4 Å². The van der Waals surface area contributed by atoms with E-state index in [1.165, 1.54) is 5.19 Å². The average Bonchev–Trinajstić information content (AvgIpc) is 2.08. The Labute approximate surface area is 116 Å². The lowest BCUT2D eigenvalue weighted by Crippen LogP contribution is -2.08. The second kappa shape index (κ2) is 4.57. The minimum atomic E-state index is 0.999. The molecule has 1 rings (SSSR count). The molecule has 0 atom stereocenters. The Morgan fingerprint density at radius 1 is 0.583 bits per heavy atom. The van der Waals surface area contributed by atoms with Crippen molar-refractivity contribution in [3.63, 3.8) is 0 Å². The Bertz CT molecular complexity index is 230. The average molecular weight is 503 g/mol. The summed E-state index contributed by atoms with van der Waals surface area (Å²) in [7, 11) is 0.999. The highest BCUT2D eigenvalue weighted by Gasteiger charge is 2.13. The van der Waals surface area contributed by atoms with Crippen LogP contribution in [0.1, 0.15) is 0 Å². The molecule has 0 aliphatic carbocycles. The van der Waals surface area contributed by atoms with Gasteiger partial charge in [0.15, 0.2) is 0 Å². The second-order valence-electron chi connectivity index (χ2n) is 2.19. The van der Waals surface area contributed by atoms with Crippen molar-refractivity contribution in [1.29, 1.82) is 0 Å². The van der Waals surface area contributed by atoms with Crippen LogP contribution in [-0.2, 0) is 0 Å². The molecular weight excluding hydrogens is 500 g/mol. The summed E-state index contributed by atoms with van der Waals surface area (Å²) < 4.78 is 5.39. The maximum Gasteiger partial charge on any atom is 0.0482 e. The van der Waals surface area contributed by atoms with Gasteiger partial charge in [0.05, 0.1) is 0 Å². The number of rotatable bonds is 0. The van der Waals surface area contributed by atoms with Gasteiger partial charge in [-0.25, -0.2) is 0 Å². The zero-order valence-corrected chi connectivity index (χ0v) is 15.8. The van der Waals surface area contributed by atoms with Crippen LogP contribution in [0.25, 0.3) is 0 Å². The van der Waals surface area contributed by atoms with E-state index >= 15 is 0 Å². The van der Waals surface area contributed by atoms with Crippen molar-refractivity contribution in [3.8, 4) is 0 Å². The largest absolute Gasteiger partial charge is 0.0497 e. The fourth-order valence-corrected chi connectivity index (χ4v) is 5.19. The predicted molar refractivity (Wildman–Crippen MR) is 74.5 cm³/mol. The van der Waals surface area contributed by atoms with Gasteiger partial charge in [-0.05, 0) is 84.8 Å². The van der Waals surface area contributed by atoms with Gasteiger partial charge >= 0.3 is 0 Å². The maximum atomic E-state index is 3.52. The molecule has 12 heavy (non-hydrogen) atoms. The fraction of sp³-hybridized carbons (Fsp3) is 0. The lowest BCUT2D eigenvalue weighted by atomic mass is 10.4. The molecule has 0 nitrogen and oxygen atoms in total. The van der Waals surface area contributed by atoms with Gasteiger partial charge in [0.2, 0.25) is 0 Å². The number of hydrogen-bond acceptors (Lipinski definition) is 0. The molecular formula is C6H3Br5Si. The molecule has 0 unspecified atom stereocenters. The smallest absolute Gasteiger partial charge is 0.0482 e. The Kier molecular flexibility index (Phi) is 4.54. The summed E-state index contributed by atoms with van der Waals surface area (Å²) in [5, 5.41) is 1.30. The Hall–Kier alpha value is 1.84. The van der Waals surface area contributed by atoms with Crippen molar-refractivity contribution in [2.75, 3.05) is 0 Å². The summed E-state index contributed by atoms with van der Waals surface area (Å²) >= 11 is 17.5. The second-order valence-corrected chi connectivity index (χ2v) is 7.16. The minimum absolute atomic E-state index is 0.999. The molecule has 0 N–H and O–H groups in total. The summed E-state index contributed by atoms with van der Waals surface area (Å²) in [4.78, 5) is 0. The van der Waals surface area contributed by atoms with Crippen molar-refractivity contribution in [1.82, 2.24) is 0 Å². The van der Waals surface area contributed by atoms with Crippen LogP contribution >= 0.6 is 79.6 Å². The third-order valence-electron chi connectivity index (χ3n) is 1.43. The van der Waals surface area contributed by atoms with Gasteiger partial charge in [0, 0.05) is 32.6 Å². The van der Waals surface area contributed by atoms with Gasteiger partial charge in [-0.15, -0.1) is 0 Å². The normalized spacial score (nSPS) is 10.8. The Morgan fingerprint density at radius 3 is 1.17 bits per heavy atom. The van der Waals surface area contributed by atoms with Crippen LogP contribution < -0.4 is 5.19 Å². The predicted octanol–water partition coefficient (Wildman–Crippen LogP) is 3.49. The van der Waals surface area contributed by atoms with Gasteiger partial charge < -0.3 is 0 Å². The molecule has 0 fully saturated rings. The molecule has 0 aliphatic rings.